The Morgan fingerprint density at radius 3 is 2.62 bits per heavy atom. The van der Waals surface area contributed by atoms with Crippen LogP contribution in [0.3, 0.4) is 0 Å². The first-order chi connectivity index (χ1) is 10.1. The first-order valence-corrected chi connectivity index (χ1v) is 6.73. The zero-order valence-electron chi connectivity index (χ0n) is 11.5. The Morgan fingerprint density at radius 2 is 2.00 bits per heavy atom. The normalized spacial score (nSPS) is 21.9. The van der Waals surface area contributed by atoms with Gasteiger partial charge in [0, 0.05) is 6.42 Å². The van der Waals surface area contributed by atoms with Crippen LogP contribution in [0.25, 0.3) is 0 Å². The second-order valence-electron chi connectivity index (χ2n) is 5.03. The molecule has 6 heteroatoms. The third-order valence-corrected chi connectivity index (χ3v) is 3.31. The summed E-state index contributed by atoms with van der Waals surface area (Å²) >= 11 is 0. The molecule has 0 aliphatic carbocycles. The first-order valence-electron chi connectivity index (χ1n) is 6.73. The molecule has 6 nitrogen and oxygen atoms in total. The summed E-state index contributed by atoms with van der Waals surface area (Å²) < 4.78 is 5.49. The number of aliphatic carboxylic acids is 1. The minimum absolute atomic E-state index is 0.110. The third-order valence-electron chi connectivity index (χ3n) is 3.31. The van der Waals surface area contributed by atoms with E-state index >= 15 is 0 Å². The van der Waals surface area contributed by atoms with Gasteiger partial charge in [0.1, 0.15) is 11.7 Å². The van der Waals surface area contributed by atoms with Crippen molar-refractivity contribution in [3.05, 3.63) is 35.9 Å². The van der Waals surface area contributed by atoms with Crippen LogP contribution in [-0.2, 0) is 25.7 Å². The molecule has 21 heavy (non-hydrogen) atoms. The van der Waals surface area contributed by atoms with Crippen molar-refractivity contribution in [2.45, 2.75) is 25.5 Å². The molecule has 112 valence electrons. The zero-order chi connectivity index (χ0) is 15.2. The van der Waals surface area contributed by atoms with Gasteiger partial charge in [0.15, 0.2) is 0 Å². The van der Waals surface area contributed by atoms with E-state index in [-0.39, 0.29) is 18.8 Å². The number of carbonyl (C=O) groups is 3. The second-order valence-corrected chi connectivity index (χ2v) is 5.03. The summed E-state index contributed by atoms with van der Waals surface area (Å²) in [5.74, 6) is -3.09. The zero-order valence-corrected chi connectivity index (χ0v) is 11.5. The van der Waals surface area contributed by atoms with Crippen molar-refractivity contribution >= 4 is 17.7 Å². The molecule has 1 heterocycles. The Bertz CT molecular complexity index is 510. The number of rotatable bonds is 6. The average molecular weight is 291 g/mol. The van der Waals surface area contributed by atoms with Crippen LogP contribution in [0.2, 0.25) is 0 Å². The van der Waals surface area contributed by atoms with Gasteiger partial charge in [-0.1, -0.05) is 30.3 Å². The summed E-state index contributed by atoms with van der Waals surface area (Å²) in [5.41, 5.74) is 1.01. The van der Waals surface area contributed by atoms with Crippen LogP contribution in [0.5, 0.6) is 0 Å². The average Bonchev–Trinajstić information content (AvgIpc) is 2.44. The largest absolute Gasteiger partial charge is 0.481 e. The summed E-state index contributed by atoms with van der Waals surface area (Å²) in [4.78, 5) is 34.1. The molecule has 0 aromatic heterocycles. The van der Waals surface area contributed by atoms with E-state index in [2.05, 4.69) is 5.32 Å². The maximum atomic E-state index is 11.8. The highest BCUT2D eigenvalue weighted by atomic mass is 16.5. The summed E-state index contributed by atoms with van der Waals surface area (Å²) in [6, 6.07) is 9.17. The molecule has 1 fully saturated rings. The van der Waals surface area contributed by atoms with Gasteiger partial charge in [-0.2, -0.15) is 0 Å². The summed E-state index contributed by atoms with van der Waals surface area (Å²) in [6.45, 7) is 0.631. The molecule has 1 aliphatic rings. The minimum atomic E-state index is -1.15. The van der Waals surface area contributed by atoms with Crippen molar-refractivity contribution in [1.29, 1.82) is 0 Å². The molecule has 1 aliphatic heterocycles. The molecule has 1 saturated heterocycles. The SMILES string of the molecule is O=C(O)CC1C(=O)CC(COCc2ccccc2)NC1=O. The van der Waals surface area contributed by atoms with Crippen molar-refractivity contribution in [1.82, 2.24) is 5.32 Å². The van der Waals surface area contributed by atoms with Gasteiger partial charge in [0.2, 0.25) is 5.91 Å². The number of nitrogens with one attached hydrogen (secondary N) is 1. The molecule has 2 N–H and O–H groups in total. The molecule has 0 spiro atoms. The van der Waals surface area contributed by atoms with Crippen molar-refractivity contribution in [2.24, 2.45) is 5.92 Å². The number of carbonyl (C=O) groups excluding carboxylic acids is 2. The highest BCUT2D eigenvalue weighted by Crippen LogP contribution is 2.16. The summed E-state index contributed by atoms with van der Waals surface area (Å²) in [5, 5.41) is 11.3. The minimum Gasteiger partial charge on any atom is -0.481 e. The van der Waals surface area contributed by atoms with Gasteiger partial charge in [-0.25, -0.2) is 0 Å². The predicted molar refractivity (Wildman–Crippen MR) is 73.4 cm³/mol. The van der Waals surface area contributed by atoms with E-state index < -0.39 is 30.3 Å². The highest BCUT2D eigenvalue weighted by Gasteiger charge is 2.36. The number of carboxylic acids is 1. The molecule has 1 aromatic rings. The van der Waals surface area contributed by atoms with Crippen LogP contribution in [0.15, 0.2) is 30.3 Å². The van der Waals surface area contributed by atoms with Gasteiger partial charge in [0.25, 0.3) is 0 Å². The lowest BCUT2D eigenvalue weighted by Gasteiger charge is -2.27. The van der Waals surface area contributed by atoms with Gasteiger partial charge >= 0.3 is 5.97 Å². The maximum Gasteiger partial charge on any atom is 0.304 e. The number of Topliss-reactive ketones (excluding diaryl/α,β-unsaturated/α-hetero) is 1. The van der Waals surface area contributed by atoms with Gasteiger partial charge in [-0.3, -0.25) is 14.4 Å². The number of piperidine rings is 1. The fourth-order valence-corrected chi connectivity index (χ4v) is 2.26. The maximum absolute atomic E-state index is 11.8. The smallest absolute Gasteiger partial charge is 0.304 e. The van der Waals surface area contributed by atoms with Crippen LogP contribution in [0.1, 0.15) is 18.4 Å². The number of hydrogen-bond donors (Lipinski definition) is 2. The fraction of sp³-hybridized carbons (Fsp3) is 0.400. The molecule has 1 aromatic carbocycles. The van der Waals surface area contributed by atoms with E-state index in [4.69, 9.17) is 9.84 Å². The van der Waals surface area contributed by atoms with Crippen LogP contribution >= 0.6 is 0 Å². The standard InChI is InChI=1S/C15H17NO5/c17-13-6-11(16-15(20)12(13)7-14(18)19)9-21-8-10-4-2-1-3-5-10/h1-5,11-12H,6-9H2,(H,16,20)(H,18,19). The lowest BCUT2D eigenvalue weighted by atomic mass is 9.90. The van der Waals surface area contributed by atoms with Crippen LogP contribution in [0.4, 0.5) is 0 Å². The molecule has 0 saturated carbocycles. The van der Waals surface area contributed by atoms with Crippen LogP contribution < -0.4 is 5.32 Å². The number of amides is 1. The number of carboxylic acid groups (broad SMARTS) is 1. The van der Waals surface area contributed by atoms with E-state index in [1.165, 1.54) is 0 Å². The number of ether oxygens (including phenoxy) is 1. The lowest BCUT2D eigenvalue weighted by molar-refractivity contribution is -0.147. The van der Waals surface area contributed by atoms with Crippen molar-refractivity contribution in [2.75, 3.05) is 6.61 Å². The number of ketones is 1. The van der Waals surface area contributed by atoms with E-state index in [1.807, 2.05) is 30.3 Å². The summed E-state index contributed by atoms with van der Waals surface area (Å²) in [6.07, 6.45) is -0.346. The highest BCUT2D eigenvalue weighted by molar-refractivity contribution is 6.05. The molecule has 2 rings (SSSR count). The molecular weight excluding hydrogens is 274 g/mol. The van der Waals surface area contributed by atoms with Crippen molar-refractivity contribution in [3.63, 3.8) is 0 Å². The molecular formula is C15H17NO5. The number of hydrogen-bond acceptors (Lipinski definition) is 4. The van der Waals surface area contributed by atoms with Crippen LogP contribution in [-0.4, -0.2) is 35.4 Å². The van der Waals surface area contributed by atoms with Gasteiger partial charge < -0.3 is 15.2 Å². The Hall–Kier alpha value is -2.21. The van der Waals surface area contributed by atoms with Crippen molar-refractivity contribution in [3.8, 4) is 0 Å². The Balaban J connectivity index is 1.80. The Labute approximate surface area is 122 Å². The lowest BCUT2D eigenvalue weighted by Crippen LogP contribution is -2.51. The second kappa shape index (κ2) is 6.99. The molecule has 0 bridgehead atoms. The third kappa shape index (κ3) is 4.39. The first kappa shape index (κ1) is 15.2. The monoisotopic (exact) mass is 291 g/mol. The van der Waals surface area contributed by atoms with Crippen molar-refractivity contribution < 1.29 is 24.2 Å². The van der Waals surface area contributed by atoms with E-state index in [0.717, 1.165) is 5.56 Å². The van der Waals surface area contributed by atoms with E-state index in [0.29, 0.717) is 6.61 Å². The number of benzene rings is 1. The molecule has 2 unspecified atom stereocenters. The van der Waals surface area contributed by atoms with Gasteiger partial charge in [-0.15, -0.1) is 0 Å². The predicted octanol–water partition coefficient (Wildman–Crippen LogP) is 0.752. The molecule has 2 atom stereocenters. The van der Waals surface area contributed by atoms with E-state index in [9.17, 15) is 14.4 Å². The Kier molecular flexibility index (Phi) is 5.05. The Morgan fingerprint density at radius 1 is 1.29 bits per heavy atom. The van der Waals surface area contributed by atoms with Gasteiger partial charge in [0.05, 0.1) is 25.7 Å². The van der Waals surface area contributed by atoms with E-state index in [1.54, 1.807) is 0 Å². The van der Waals surface area contributed by atoms with Crippen LogP contribution in [0, 0.1) is 5.92 Å². The van der Waals surface area contributed by atoms with Gasteiger partial charge in [-0.05, 0) is 5.56 Å². The molecule has 0 radical (unpaired) electrons. The quantitative estimate of drug-likeness (QED) is 0.755. The fourth-order valence-electron chi connectivity index (χ4n) is 2.26. The summed E-state index contributed by atoms with van der Waals surface area (Å²) in [7, 11) is 0. The molecule has 1 amide bonds. The topological polar surface area (TPSA) is 92.7 Å².